The van der Waals surface area contributed by atoms with Gasteiger partial charge in [-0.25, -0.2) is 0 Å². The molecule has 0 aliphatic heterocycles. The van der Waals surface area contributed by atoms with Gasteiger partial charge in [0, 0.05) is 6.04 Å². The fourth-order valence-electron chi connectivity index (χ4n) is 1.32. The van der Waals surface area contributed by atoms with Crippen molar-refractivity contribution in [2.75, 3.05) is 12.0 Å². The van der Waals surface area contributed by atoms with Gasteiger partial charge in [-0.1, -0.05) is 5.16 Å². The smallest absolute Gasteiger partial charge is 0.292 e. The van der Waals surface area contributed by atoms with E-state index in [0.717, 1.165) is 25.0 Å². The Hall–Kier alpha value is -1.08. The summed E-state index contributed by atoms with van der Waals surface area (Å²) in [5.41, 5.74) is 5.87. The van der Waals surface area contributed by atoms with Crippen molar-refractivity contribution in [1.29, 1.82) is 0 Å². The summed E-state index contributed by atoms with van der Waals surface area (Å²) >= 11 is 1.71. The average Bonchev–Trinajstić information content (AvgIpc) is 2.99. The average molecular weight is 256 g/mol. The van der Waals surface area contributed by atoms with E-state index in [1.54, 1.807) is 11.8 Å². The van der Waals surface area contributed by atoms with Crippen LogP contribution in [0.25, 0.3) is 0 Å². The van der Waals surface area contributed by atoms with Crippen molar-refractivity contribution < 1.29 is 9.32 Å². The molecule has 0 unspecified atom stereocenters. The van der Waals surface area contributed by atoms with Gasteiger partial charge in [-0.05, 0) is 31.3 Å². The van der Waals surface area contributed by atoms with E-state index in [1.807, 2.05) is 6.26 Å². The monoisotopic (exact) mass is 256 g/mol. The molecule has 0 bridgehead atoms. The Labute approximate surface area is 104 Å². The second kappa shape index (κ2) is 5.50. The molecular formula is C10H16N4O2S. The molecule has 1 amide bonds. The van der Waals surface area contributed by atoms with Gasteiger partial charge in [-0.3, -0.25) is 4.79 Å². The minimum atomic E-state index is -0.294. The van der Waals surface area contributed by atoms with Gasteiger partial charge in [0.05, 0.1) is 6.04 Å². The Morgan fingerprint density at radius 3 is 3.12 bits per heavy atom. The number of nitrogens with two attached hydrogens (primary N) is 1. The summed E-state index contributed by atoms with van der Waals surface area (Å²) in [4.78, 5) is 15.6. The predicted molar refractivity (Wildman–Crippen MR) is 64.7 cm³/mol. The molecule has 0 radical (unpaired) electrons. The summed E-state index contributed by atoms with van der Waals surface area (Å²) in [7, 11) is 0. The molecule has 3 N–H and O–H groups in total. The molecule has 94 valence electrons. The number of aromatic nitrogens is 2. The molecule has 17 heavy (non-hydrogen) atoms. The van der Waals surface area contributed by atoms with Crippen molar-refractivity contribution in [1.82, 2.24) is 15.5 Å². The van der Waals surface area contributed by atoms with Crippen LogP contribution in [0.5, 0.6) is 0 Å². The van der Waals surface area contributed by atoms with Crippen molar-refractivity contribution in [3.8, 4) is 0 Å². The van der Waals surface area contributed by atoms with Crippen molar-refractivity contribution in [2.24, 2.45) is 5.73 Å². The van der Waals surface area contributed by atoms with Crippen LogP contribution < -0.4 is 11.1 Å². The Bertz CT molecular complexity index is 391. The largest absolute Gasteiger partial charge is 0.346 e. The molecule has 1 aliphatic rings. The Kier molecular flexibility index (Phi) is 4.01. The van der Waals surface area contributed by atoms with Crippen molar-refractivity contribution in [2.45, 2.75) is 31.3 Å². The third kappa shape index (κ3) is 3.44. The van der Waals surface area contributed by atoms with Crippen LogP contribution in [0.1, 0.15) is 41.8 Å². The summed E-state index contributed by atoms with van der Waals surface area (Å²) in [5.74, 6) is 1.05. The molecule has 1 saturated carbocycles. The van der Waals surface area contributed by atoms with Crippen LogP contribution in [0, 0.1) is 0 Å². The lowest BCUT2D eigenvalue weighted by Gasteiger charge is -2.03. The van der Waals surface area contributed by atoms with E-state index in [0.29, 0.717) is 5.89 Å². The zero-order chi connectivity index (χ0) is 12.3. The number of carbonyl (C=O) groups excluding carboxylic acids is 1. The zero-order valence-corrected chi connectivity index (χ0v) is 10.5. The highest BCUT2D eigenvalue weighted by molar-refractivity contribution is 7.98. The van der Waals surface area contributed by atoms with Crippen molar-refractivity contribution in [3.05, 3.63) is 11.7 Å². The van der Waals surface area contributed by atoms with Crippen LogP contribution in [0.2, 0.25) is 0 Å². The maximum Gasteiger partial charge on any atom is 0.292 e. The van der Waals surface area contributed by atoms with E-state index in [-0.39, 0.29) is 23.8 Å². The summed E-state index contributed by atoms with van der Waals surface area (Å²) in [6, 6.07) is -0.00737. The quantitative estimate of drug-likeness (QED) is 0.778. The highest BCUT2D eigenvalue weighted by Gasteiger charge is 2.26. The maximum atomic E-state index is 11.6. The number of carbonyl (C=O) groups is 1. The fourth-order valence-corrected chi connectivity index (χ4v) is 1.81. The van der Waals surface area contributed by atoms with Gasteiger partial charge in [0.2, 0.25) is 5.89 Å². The topological polar surface area (TPSA) is 94.0 Å². The van der Waals surface area contributed by atoms with Crippen molar-refractivity contribution >= 4 is 17.7 Å². The lowest BCUT2D eigenvalue weighted by Crippen LogP contribution is -2.26. The Morgan fingerprint density at radius 1 is 1.71 bits per heavy atom. The lowest BCUT2D eigenvalue weighted by molar-refractivity contribution is 0.0937. The van der Waals surface area contributed by atoms with E-state index in [4.69, 9.17) is 10.3 Å². The molecule has 0 saturated heterocycles. The van der Waals surface area contributed by atoms with E-state index >= 15 is 0 Å². The van der Waals surface area contributed by atoms with Gasteiger partial charge < -0.3 is 15.6 Å². The molecule has 0 aromatic carbocycles. The van der Waals surface area contributed by atoms with Crippen LogP contribution in [0.4, 0.5) is 0 Å². The second-order valence-corrected chi connectivity index (χ2v) is 5.08. The molecule has 6 nitrogen and oxygen atoms in total. The molecule has 2 rings (SSSR count). The van der Waals surface area contributed by atoms with Gasteiger partial charge in [-0.15, -0.1) is 0 Å². The second-order valence-electron chi connectivity index (χ2n) is 4.09. The minimum absolute atomic E-state index is 0.0755. The van der Waals surface area contributed by atoms with Gasteiger partial charge in [-0.2, -0.15) is 16.7 Å². The molecule has 1 aromatic heterocycles. The molecule has 7 heteroatoms. The molecular weight excluding hydrogens is 240 g/mol. The van der Waals surface area contributed by atoms with Crippen LogP contribution in [0.3, 0.4) is 0 Å². The first-order valence-corrected chi connectivity index (χ1v) is 6.99. The van der Waals surface area contributed by atoms with Gasteiger partial charge >= 0.3 is 0 Å². The zero-order valence-electron chi connectivity index (χ0n) is 9.68. The highest BCUT2D eigenvalue weighted by Crippen LogP contribution is 2.19. The number of rotatable bonds is 6. The van der Waals surface area contributed by atoms with Gasteiger partial charge in [0.1, 0.15) is 0 Å². The molecule has 1 heterocycles. The van der Waals surface area contributed by atoms with E-state index in [2.05, 4.69) is 15.5 Å². The standard InChI is InChI=1S/C10H16N4O2S/c1-17-5-4-7(11)10-13-8(14-16-10)9(15)12-6-2-3-6/h6-7H,2-5,11H2,1H3,(H,12,15)/t7-/m0/s1. The van der Waals surface area contributed by atoms with E-state index in [1.165, 1.54) is 0 Å². The van der Waals surface area contributed by atoms with Crippen LogP contribution in [0.15, 0.2) is 4.52 Å². The maximum absolute atomic E-state index is 11.6. The first-order valence-electron chi connectivity index (χ1n) is 5.59. The van der Waals surface area contributed by atoms with Crippen LogP contribution in [-0.4, -0.2) is 34.1 Å². The number of hydrogen-bond donors (Lipinski definition) is 2. The third-order valence-corrected chi connectivity index (χ3v) is 3.15. The van der Waals surface area contributed by atoms with Gasteiger partial charge in [0.25, 0.3) is 11.7 Å². The highest BCUT2D eigenvalue weighted by atomic mass is 32.2. The first kappa shape index (κ1) is 12.4. The summed E-state index contributed by atoms with van der Waals surface area (Å²) < 4.78 is 4.99. The molecule has 1 atom stereocenters. The summed E-state index contributed by atoms with van der Waals surface area (Å²) in [6.45, 7) is 0. The predicted octanol–water partition coefficient (Wildman–Crippen LogP) is 0.715. The molecule has 1 fully saturated rings. The number of nitrogens with one attached hydrogen (secondary N) is 1. The van der Waals surface area contributed by atoms with Crippen LogP contribution >= 0.6 is 11.8 Å². The number of hydrogen-bond acceptors (Lipinski definition) is 6. The molecule has 0 spiro atoms. The lowest BCUT2D eigenvalue weighted by atomic mass is 10.2. The fraction of sp³-hybridized carbons (Fsp3) is 0.700. The van der Waals surface area contributed by atoms with Crippen molar-refractivity contribution in [3.63, 3.8) is 0 Å². The van der Waals surface area contributed by atoms with E-state index in [9.17, 15) is 4.79 Å². The Balaban J connectivity index is 1.91. The molecule has 1 aromatic rings. The first-order chi connectivity index (χ1) is 8.20. The normalized spacial score (nSPS) is 16.8. The summed E-state index contributed by atoms with van der Waals surface area (Å²) in [5, 5.41) is 6.44. The molecule has 1 aliphatic carbocycles. The number of thioether (sulfide) groups is 1. The number of nitrogens with zero attached hydrogens (tertiary/aromatic N) is 2. The Morgan fingerprint density at radius 2 is 2.47 bits per heavy atom. The number of amides is 1. The van der Waals surface area contributed by atoms with E-state index < -0.39 is 0 Å². The third-order valence-electron chi connectivity index (χ3n) is 2.51. The van der Waals surface area contributed by atoms with Crippen LogP contribution in [-0.2, 0) is 0 Å². The summed E-state index contributed by atoms with van der Waals surface area (Å²) in [6.07, 6.45) is 4.83. The SMILES string of the molecule is CSCC[C@H](N)c1nc(C(=O)NC2CC2)no1. The minimum Gasteiger partial charge on any atom is -0.346 e. The van der Waals surface area contributed by atoms with Gasteiger partial charge in [0.15, 0.2) is 0 Å².